The molecule has 0 aliphatic rings. The van der Waals surface area contributed by atoms with E-state index in [1.807, 2.05) is 24.3 Å². The van der Waals surface area contributed by atoms with Crippen molar-refractivity contribution in [3.05, 3.63) is 48.2 Å². The third-order valence-electron chi connectivity index (χ3n) is 3.93. The first-order chi connectivity index (χ1) is 14.3. The number of nitrogens with one attached hydrogen (secondary N) is 1. The maximum atomic E-state index is 12.8. The van der Waals surface area contributed by atoms with Crippen molar-refractivity contribution in [2.45, 2.75) is 44.9 Å². The lowest BCUT2D eigenvalue weighted by Gasteiger charge is -2.20. The monoisotopic (exact) mass is 428 g/mol. The molecular weight excluding hydrogens is 404 g/mol. The van der Waals surface area contributed by atoms with Crippen LogP contribution in [0.25, 0.3) is 11.6 Å². The van der Waals surface area contributed by atoms with Crippen molar-refractivity contribution in [2.75, 3.05) is 11.1 Å². The van der Waals surface area contributed by atoms with E-state index in [0.717, 1.165) is 18.2 Å². The van der Waals surface area contributed by atoms with Gasteiger partial charge in [0.2, 0.25) is 16.9 Å². The summed E-state index contributed by atoms with van der Waals surface area (Å²) >= 11 is 1.09. The van der Waals surface area contributed by atoms with Crippen LogP contribution in [0.1, 0.15) is 33.3 Å². The van der Waals surface area contributed by atoms with Crippen LogP contribution >= 0.6 is 11.8 Å². The predicted octanol–water partition coefficient (Wildman–Crippen LogP) is 4.61. The first-order valence-electron chi connectivity index (χ1n) is 9.51. The van der Waals surface area contributed by atoms with E-state index >= 15 is 0 Å². The highest BCUT2D eigenvalue weighted by atomic mass is 32.2. The van der Waals surface area contributed by atoms with Gasteiger partial charge < -0.3 is 14.5 Å². The molecule has 0 saturated carbocycles. The molecular formula is C21H24N4O4S. The van der Waals surface area contributed by atoms with Crippen molar-refractivity contribution in [3.63, 3.8) is 0 Å². The van der Waals surface area contributed by atoms with Gasteiger partial charge in [0.15, 0.2) is 5.76 Å². The summed E-state index contributed by atoms with van der Waals surface area (Å²) in [6.07, 6.45) is 1.77. The number of aromatic nitrogens is 3. The van der Waals surface area contributed by atoms with E-state index in [9.17, 15) is 9.59 Å². The molecule has 2 heterocycles. The Morgan fingerprint density at radius 2 is 1.90 bits per heavy atom. The Morgan fingerprint density at radius 3 is 2.50 bits per heavy atom. The Kier molecular flexibility index (Phi) is 6.61. The average Bonchev–Trinajstić information content (AvgIpc) is 3.35. The normalized spacial score (nSPS) is 11.3. The molecule has 0 radical (unpaired) electrons. The zero-order valence-corrected chi connectivity index (χ0v) is 18.2. The second-order valence-corrected chi connectivity index (χ2v) is 8.43. The van der Waals surface area contributed by atoms with E-state index in [1.165, 1.54) is 16.4 Å². The number of anilines is 1. The molecule has 3 aromatic rings. The van der Waals surface area contributed by atoms with Gasteiger partial charge in [-0.1, -0.05) is 30.8 Å². The van der Waals surface area contributed by atoms with Gasteiger partial charge in [0.05, 0.1) is 12.0 Å². The molecule has 3 rings (SSSR count). The first-order valence-corrected chi connectivity index (χ1v) is 10.5. The largest absolute Gasteiger partial charge is 0.461 e. The molecule has 30 heavy (non-hydrogen) atoms. The van der Waals surface area contributed by atoms with Gasteiger partial charge in [0, 0.05) is 5.69 Å². The van der Waals surface area contributed by atoms with Gasteiger partial charge in [0.25, 0.3) is 0 Å². The molecule has 0 atom stereocenters. The number of aryl methyl sites for hydroxylation is 1. The molecule has 1 aromatic carbocycles. The van der Waals surface area contributed by atoms with E-state index in [2.05, 4.69) is 22.4 Å². The fourth-order valence-electron chi connectivity index (χ4n) is 2.55. The van der Waals surface area contributed by atoms with Crippen molar-refractivity contribution in [1.82, 2.24) is 14.8 Å². The summed E-state index contributed by atoms with van der Waals surface area (Å²) in [4.78, 5) is 25.1. The summed E-state index contributed by atoms with van der Waals surface area (Å²) < 4.78 is 12.1. The van der Waals surface area contributed by atoms with Crippen LogP contribution in [0.3, 0.4) is 0 Å². The summed E-state index contributed by atoms with van der Waals surface area (Å²) in [6, 6.07) is 11.0. The molecule has 0 aliphatic carbocycles. The van der Waals surface area contributed by atoms with Gasteiger partial charge >= 0.3 is 6.09 Å². The molecule has 0 spiro atoms. The summed E-state index contributed by atoms with van der Waals surface area (Å²) in [7, 11) is 0. The van der Waals surface area contributed by atoms with Gasteiger partial charge in [-0.2, -0.15) is 0 Å². The van der Waals surface area contributed by atoms with E-state index in [1.54, 1.807) is 32.9 Å². The van der Waals surface area contributed by atoms with Gasteiger partial charge in [-0.05, 0) is 57.0 Å². The number of ether oxygens (including phenoxy) is 1. The summed E-state index contributed by atoms with van der Waals surface area (Å²) in [5.41, 5.74) is 1.20. The number of carbonyl (C=O) groups excluding carboxylic acids is 2. The molecule has 2 aromatic heterocycles. The lowest BCUT2D eigenvalue weighted by molar-refractivity contribution is -0.113. The Hall–Kier alpha value is -3.07. The molecule has 158 valence electrons. The quantitative estimate of drug-likeness (QED) is 0.572. The summed E-state index contributed by atoms with van der Waals surface area (Å²) in [5, 5.41) is 11.2. The number of carbonyl (C=O) groups is 2. The zero-order valence-electron chi connectivity index (χ0n) is 17.3. The number of hydrogen-bond donors (Lipinski definition) is 1. The lowest BCUT2D eigenvalue weighted by Crippen LogP contribution is -2.28. The highest BCUT2D eigenvalue weighted by Gasteiger charge is 2.27. The smallest absolute Gasteiger partial charge is 0.422 e. The second kappa shape index (κ2) is 9.17. The first kappa shape index (κ1) is 21.6. The van der Waals surface area contributed by atoms with E-state index < -0.39 is 11.7 Å². The number of thioether (sulfide) groups is 1. The summed E-state index contributed by atoms with van der Waals surface area (Å²) in [6.45, 7) is 7.38. The zero-order chi connectivity index (χ0) is 21.7. The topological polar surface area (TPSA) is 99.3 Å². The minimum absolute atomic E-state index is 0.0502. The molecule has 8 nitrogen and oxygen atoms in total. The molecule has 1 N–H and O–H groups in total. The Bertz CT molecular complexity index is 1000. The molecule has 0 unspecified atom stereocenters. The highest BCUT2D eigenvalue weighted by molar-refractivity contribution is 7.99. The number of benzene rings is 1. The maximum Gasteiger partial charge on any atom is 0.422 e. The van der Waals surface area contributed by atoms with E-state index in [4.69, 9.17) is 9.15 Å². The maximum absolute atomic E-state index is 12.8. The fraction of sp³-hybridized carbons (Fsp3) is 0.333. The van der Waals surface area contributed by atoms with Crippen molar-refractivity contribution in [3.8, 4) is 11.6 Å². The number of furan rings is 1. The van der Waals surface area contributed by atoms with Crippen molar-refractivity contribution in [1.29, 1.82) is 0 Å². The van der Waals surface area contributed by atoms with Crippen molar-refractivity contribution in [2.24, 2.45) is 0 Å². The SMILES string of the molecule is CCc1ccc(NC(=O)CSc2nnc(-c3ccco3)n2C(=O)OC(C)(C)C)cc1. The molecule has 0 fully saturated rings. The second-order valence-electron chi connectivity index (χ2n) is 7.49. The van der Waals surface area contributed by atoms with Crippen LogP contribution < -0.4 is 5.32 Å². The van der Waals surface area contributed by atoms with Gasteiger partial charge in [-0.25, -0.2) is 9.36 Å². The molecule has 0 bridgehead atoms. The van der Waals surface area contributed by atoms with Crippen LogP contribution in [-0.4, -0.2) is 38.1 Å². The van der Waals surface area contributed by atoms with Crippen molar-refractivity contribution >= 4 is 29.4 Å². The molecule has 9 heteroatoms. The molecule has 1 amide bonds. The number of nitrogens with zero attached hydrogens (tertiary/aromatic N) is 3. The molecule has 0 saturated heterocycles. The third kappa shape index (κ3) is 5.50. The minimum Gasteiger partial charge on any atom is -0.461 e. The van der Waals surface area contributed by atoms with Crippen LogP contribution in [0.15, 0.2) is 52.2 Å². The lowest BCUT2D eigenvalue weighted by atomic mass is 10.1. The third-order valence-corrected chi connectivity index (χ3v) is 4.86. The Morgan fingerprint density at radius 1 is 1.17 bits per heavy atom. The molecule has 0 aliphatic heterocycles. The van der Waals surface area contributed by atoms with Crippen LogP contribution in [-0.2, 0) is 16.0 Å². The van der Waals surface area contributed by atoms with Crippen LogP contribution in [0, 0.1) is 0 Å². The standard InChI is InChI=1S/C21H24N4O4S/c1-5-14-8-10-15(11-9-14)22-17(26)13-30-19-24-23-18(16-7-6-12-28-16)25(19)20(27)29-21(2,3)4/h6-12H,5,13H2,1-4H3,(H,22,26). The van der Waals surface area contributed by atoms with Crippen LogP contribution in [0.5, 0.6) is 0 Å². The Labute approximate surface area is 179 Å². The Balaban J connectivity index is 1.74. The van der Waals surface area contributed by atoms with Crippen LogP contribution in [0.4, 0.5) is 10.5 Å². The summed E-state index contributed by atoms with van der Waals surface area (Å²) in [5.74, 6) is 0.421. The highest BCUT2D eigenvalue weighted by Crippen LogP contribution is 2.26. The van der Waals surface area contributed by atoms with Gasteiger partial charge in [0.1, 0.15) is 5.60 Å². The minimum atomic E-state index is -0.703. The average molecular weight is 429 g/mol. The van der Waals surface area contributed by atoms with Gasteiger partial charge in [-0.15, -0.1) is 10.2 Å². The van der Waals surface area contributed by atoms with E-state index in [0.29, 0.717) is 11.4 Å². The fourth-order valence-corrected chi connectivity index (χ4v) is 3.27. The van der Waals surface area contributed by atoms with Crippen LogP contribution in [0.2, 0.25) is 0 Å². The van der Waals surface area contributed by atoms with Crippen molar-refractivity contribution < 1.29 is 18.7 Å². The number of amides is 1. The van der Waals surface area contributed by atoms with Gasteiger partial charge in [-0.3, -0.25) is 4.79 Å². The number of hydrogen-bond acceptors (Lipinski definition) is 7. The number of rotatable bonds is 6. The van der Waals surface area contributed by atoms with E-state index in [-0.39, 0.29) is 22.6 Å². The predicted molar refractivity (Wildman–Crippen MR) is 115 cm³/mol.